The average molecular weight is 350 g/mol. The molecule has 1 aliphatic rings. The number of likely N-dealkylation sites (tertiary alicyclic amines) is 1. The number of aromatic nitrogens is 2. The molecule has 0 aliphatic carbocycles. The second kappa shape index (κ2) is 7.23. The second-order valence-corrected chi connectivity index (χ2v) is 6.55. The highest BCUT2D eigenvalue weighted by Gasteiger charge is 2.34. The minimum atomic E-state index is -0.540. The van der Waals surface area contributed by atoms with Crippen LogP contribution in [0.2, 0.25) is 5.02 Å². The molecule has 2 N–H and O–H groups in total. The van der Waals surface area contributed by atoms with Crippen LogP contribution in [0.4, 0.5) is 0 Å². The molecule has 1 aromatic carbocycles. The number of aliphatic hydroxyl groups excluding tert-OH is 1. The number of amides is 1. The minimum absolute atomic E-state index is 0.00724. The van der Waals surface area contributed by atoms with Gasteiger partial charge < -0.3 is 14.7 Å². The molecule has 2 heterocycles. The number of carbonyl (C=O) groups excluding carboxylic acids is 1. The van der Waals surface area contributed by atoms with Gasteiger partial charge in [-0.05, 0) is 43.7 Å². The molecule has 2 aromatic rings. The topological polar surface area (TPSA) is 78.5 Å². The van der Waals surface area contributed by atoms with E-state index in [9.17, 15) is 9.90 Å². The van der Waals surface area contributed by atoms with E-state index in [2.05, 4.69) is 10.2 Å². The zero-order valence-corrected chi connectivity index (χ0v) is 14.2. The van der Waals surface area contributed by atoms with Gasteiger partial charge in [-0.15, -0.1) is 0 Å². The summed E-state index contributed by atoms with van der Waals surface area (Å²) < 4.78 is 5.48. The number of rotatable bonds is 5. The van der Waals surface area contributed by atoms with Crippen LogP contribution < -0.4 is 4.74 Å². The van der Waals surface area contributed by atoms with E-state index in [1.165, 1.54) is 0 Å². The van der Waals surface area contributed by atoms with Crippen molar-refractivity contribution in [2.45, 2.75) is 19.4 Å². The first-order chi connectivity index (χ1) is 11.5. The third-order valence-electron chi connectivity index (χ3n) is 4.17. The largest absolute Gasteiger partial charge is 0.484 e. The highest BCUT2D eigenvalue weighted by Crippen LogP contribution is 2.22. The fourth-order valence-electron chi connectivity index (χ4n) is 2.87. The van der Waals surface area contributed by atoms with Crippen molar-refractivity contribution in [3.63, 3.8) is 0 Å². The van der Waals surface area contributed by atoms with Gasteiger partial charge in [0.1, 0.15) is 5.75 Å². The van der Waals surface area contributed by atoms with Gasteiger partial charge in [-0.1, -0.05) is 11.6 Å². The number of hydrogen-bond donors (Lipinski definition) is 2. The summed E-state index contributed by atoms with van der Waals surface area (Å²) in [7, 11) is 0. The number of nitrogens with zero attached hydrogens (tertiary/aromatic N) is 2. The normalized spacial score (nSPS) is 20.4. The van der Waals surface area contributed by atoms with Crippen molar-refractivity contribution < 1.29 is 14.6 Å². The molecule has 1 amide bonds. The summed E-state index contributed by atoms with van der Waals surface area (Å²) in [6, 6.07) is 8.82. The minimum Gasteiger partial charge on any atom is -0.484 e. The summed E-state index contributed by atoms with van der Waals surface area (Å²) in [5, 5.41) is 17.9. The highest BCUT2D eigenvalue weighted by atomic mass is 35.5. The van der Waals surface area contributed by atoms with Crippen LogP contribution in [-0.4, -0.2) is 51.9 Å². The second-order valence-electron chi connectivity index (χ2n) is 6.12. The number of carbonyl (C=O) groups is 1. The number of halogens is 1. The van der Waals surface area contributed by atoms with Gasteiger partial charge in [0, 0.05) is 29.7 Å². The van der Waals surface area contributed by atoms with Crippen LogP contribution in [0.15, 0.2) is 30.3 Å². The number of β-amino-alcohol motifs (C(OH)–C–C–N with tert-alkyl or cyclic N) is 1. The van der Waals surface area contributed by atoms with Crippen LogP contribution in [0, 0.1) is 12.8 Å². The Morgan fingerprint density at radius 1 is 1.42 bits per heavy atom. The fraction of sp³-hybridized carbons (Fsp3) is 0.412. The first kappa shape index (κ1) is 16.8. The third-order valence-corrected chi connectivity index (χ3v) is 4.42. The molecule has 0 unspecified atom stereocenters. The van der Waals surface area contributed by atoms with Gasteiger partial charge >= 0.3 is 0 Å². The lowest BCUT2D eigenvalue weighted by Gasteiger charge is -2.16. The molecule has 0 bridgehead atoms. The van der Waals surface area contributed by atoms with Crippen LogP contribution in [0.3, 0.4) is 0 Å². The van der Waals surface area contributed by atoms with Crippen molar-refractivity contribution in [3.05, 3.63) is 46.7 Å². The van der Waals surface area contributed by atoms with E-state index in [0.29, 0.717) is 30.3 Å². The molecule has 3 rings (SSSR count). The average Bonchev–Trinajstić information content (AvgIpc) is 3.13. The Balaban J connectivity index is 1.51. The summed E-state index contributed by atoms with van der Waals surface area (Å²) in [6.07, 6.45) is 0.106. The van der Waals surface area contributed by atoms with E-state index in [1.54, 1.807) is 29.2 Å². The molecule has 1 fully saturated rings. The van der Waals surface area contributed by atoms with Gasteiger partial charge in [0.2, 0.25) is 0 Å². The summed E-state index contributed by atoms with van der Waals surface area (Å²) in [5.74, 6) is 0.452. The number of nitrogens with one attached hydrogen (secondary N) is 1. The Kier molecular flexibility index (Phi) is 5.06. The zero-order valence-electron chi connectivity index (χ0n) is 13.4. The van der Waals surface area contributed by atoms with Crippen molar-refractivity contribution in [1.29, 1.82) is 0 Å². The quantitative estimate of drug-likeness (QED) is 0.863. The number of aliphatic hydroxyl groups is 1. The van der Waals surface area contributed by atoms with E-state index < -0.39 is 6.10 Å². The Hall–Kier alpha value is -2.05. The van der Waals surface area contributed by atoms with E-state index in [-0.39, 0.29) is 18.4 Å². The lowest BCUT2D eigenvalue weighted by molar-refractivity contribution is -0.132. The third kappa shape index (κ3) is 4.07. The molecule has 0 radical (unpaired) electrons. The predicted molar refractivity (Wildman–Crippen MR) is 90.1 cm³/mol. The highest BCUT2D eigenvalue weighted by molar-refractivity contribution is 6.30. The summed E-state index contributed by atoms with van der Waals surface area (Å²) in [5.41, 5.74) is 1.89. The molecular formula is C17H20ClN3O3. The molecule has 24 heavy (non-hydrogen) atoms. The standard InChI is InChI=1S/C17H20ClN3O3/c1-11-6-14(20-19-11)7-12-8-21(9-16(12)22)17(23)10-24-15-4-2-13(18)3-5-15/h2-6,12,16,22H,7-10H2,1H3,(H,19,20)/t12-,16-/m1/s1. The monoisotopic (exact) mass is 349 g/mol. The molecular weight excluding hydrogens is 330 g/mol. The van der Waals surface area contributed by atoms with Crippen molar-refractivity contribution >= 4 is 17.5 Å². The lowest BCUT2D eigenvalue weighted by atomic mass is 10.0. The van der Waals surface area contributed by atoms with E-state index in [4.69, 9.17) is 16.3 Å². The van der Waals surface area contributed by atoms with E-state index in [1.807, 2.05) is 13.0 Å². The van der Waals surface area contributed by atoms with Gasteiger partial charge in [-0.2, -0.15) is 5.10 Å². The molecule has 0 spiro atoms. The molecule has 7 heteroatoms. The van der Waals surface area contributed by atoms with Gasteiger partial charge in [0.05, 0.1) is 11.8 Å². The molecule has 1 aromatic heterocycles. The fourth-order valence-corrected chi connectivity index (χ4v) is 3.00. The first-order valence-electron chi connectivity index (χ1n) is 7.86. The van der Waals surface area contributed by atoms with Crippen LogP contribution >= 0.6 is 11.6 Å². The lowest BCUT2D eigenvalue weighted by Crippen LogP contribution is -2.33. The Morgan fingerprint density at radius 2 is 2.17 bits per heavy atom. The maximum absolute atomic E-state index is 12.3. The molecule has 0 saturated carbocycles. The van der Waals surface area contributed by atoms with Gasteiger partial charge in [0.15, 0.2) is 6.61 Å². The summed E-state index contributed by atoms with van der Waals surface area (Å²) in [6.45, 7) is 2.72. The van der Waals surface area contributed by atoms with Crippen molar-refractivity contribution in [3.8, 4) is 5.75 Å². The zero-order chi connectivity index (χ0) is 17.1. The van der Waals surface area contributed by atoms with Crippen LogP contribution in [0.25, 0.3) is 0 Å². The van der Waals surface area contributed by atoms with Crippen LogP contribution in [-0.2, 0) is 11.2 Å². The molecule has 1 saturated heterocycles. The molecule has 6 nitrogen and oxygen atoms in total. The first-order valence-corrected chi connectivity index (χ1v) is 8.24. The number of ether oxygens (including phenoxy) is 1. The number of aromatic amines is 1. The predicted octanol–water partition coefficient (Wildman–Crippen LogP) is 1.81. The van der Waals surface area contributed by atoms with Gasteiger partial charge in [0.25, 0.3) is 5.91 Å². The van der Waals surface area contributed by atoms with Crippen LogP contribution in [0.5, 0.6) is 5.75 Å². The number of hydrogen-bond acceptors (Lipinski definition) is 4. The SMILES string of the molecule is Cc1cc(C[C@@H]2CN(C(=O)COc3ccc(Cl)cc3)C[C@H]2O)n[nH]1. The Labute approximate surface area is 145 Å². The molecule has 2 atom stereocenters. The number of aryl methyl sites for hydroxylation is 1. The number of benzene rings is 1. The Bertz CT molecular complexity index is 701. The number of H-pyrrole nitrogens is 1. The van der Waals surface area contributed by atoms with Crippen molar-refractivity contribution in [2.24, 2.45) is 5.92 Å². The van der Waals surface area contributed by atoms with Gasteiger partial charge in [-0.3, -0.25) is 9.89 Å². The summed E-state index contributed by atoms with van der Waals surface area (Å²) >= 11 is 5.81. The van der Waals surface area contributed by atoms with E-state index in [0.717, 1.165) is 11.4 Å². The maximum Gasteiger partial charge on any atom is 0.260 e. The van der Waals surface area contributed by atoms with Crippen molar-refractivity contribution in [2.75, 3.05) is 19.7 Å². The van der Waals surface area contributed by atoms with Crippen LogP contribution in [0.1, 0.15) is 11.4 Å². The molecule has 1 aliphatic heterocycles. The summed E-state index contributed by atoms with van der Waals surface area (Å²) in [4.78, 5) is 13.9. The van der Waals surface area contributed by atoms with Gasteiger partial charge in [-0.25, -0.2) is 0 Å². The smallest absolute Gasteiger partial charge is 0.260 e. The Morgan fingerprint density at radius 3 is 2.83 bits per heavy atom. The maximum atomic E-state index is 12.3. The van der Waals surface area contributed by atoms with Crippen molar-refractivity contribution in [1.82, 2.24) is 15.1 Å². The van der Waals surface area contributed by atoms with E-state index >= 15 is 0 Å². The molecule has 128 valence electrons.